The molecule has 2 aromatic carbocycles. The molecule has 152 valence electrons. The molecule has 2 N–H and O–H groups in total. The Kier molecular flexibility index (Phi) is 4.80. The van der Waals surface area contributed by atoms with Crippen molar-refractivity contribution in [2.24, 2.45) is 5.41 Å². The first-order valence-corrected chi connectivity index (χ1v) is 10.5. The van der Waals surface area contributed by atoms with Crippen LogP contribution in [-0.4, -0.2) is 43.2 Å². The molecule has 2 aliphatic carbocycles. The minimum atomic E-state index is -0.394. The third-order valence-corrected chi connectivity index (χ3v) is 6.78. The first-order valence-electron chi connectivity index (χ1n) is 10.5. The van der Waals surface area contributed by atoms with E-state index in [0.717, 1.165) is 25.7 Å². The van der Waals surface area contributed by atoms with E-state index in [-0.39, 0.29) is 23.5 Å². The highest BCUT2D eigenvalue weighted by Gasteiger charge is 2.46. The number of ether oxygens (including phenoxy) is 2. The highest BCUT2D eigenvalue weighted by molar-refractivity contribution is 5.79. The van der Waals surface area contributed by atoms with Crippen molar-refractivity contribution in [3.05, 3.63) is 59.7 Å². The summed E-state index contributed by atoms with van der Waals surface area (Å²) in [7, 11) is 0. The van der Waals surface area contributed by atoms with Crippen LogP contribution in [0.5, 0.6) is 0 Å². The standard InChI is InChI=1S/C24H27NO4/c26-16-11-24(12-16)10-9-17(29-15-24)13-25-23(27)28-14-22-20-7-3-1-5-18(20)19-6-2-4-8-21(19)22/h1-8,16-17,22,26H,9-15H2,(H,25,27). The van der Waals surface area contributed by atoms with Crippen LogP contribution in [0.3, 0.4) is 0 Å². The Hall–Kier alpha value is -2.37. The molecule has 1 aliphatic heterocycles. The van der Waals surface area contributed by atoms with Gasteiger partial charge < -0.3 is 19.9 Å². The monoisotopic (exact) mass is 393 g/mol. The number of fused-ring (bicyclic) bond motifs is 3. The van der Waals surface area contributed by atoms with Crippen molar-refractivity contribution in [3.8, 4) is 11.1 Å². The minimum Gasteiger partial charge on any atom is -0.449 e. The van der Waals surface area contributed by atoms with Crippen LogP contribution in [0.2, 0.25) is 0 Å². The van der Waals surface area contributed by atoms with Gasteiger partial charge in [0.05, 0.1) is 18.8 Å². The van der Waals surface area contributed by atoms with Crippen LogP contribution in [0.1, 0.15) is 42.7 Å². The number of hydrogen-bond acceptors (Lipinski definition) is 4. The van der Waals surface area contributed by atoms with Crippen LogP contribution < -0.4 is 5.32 Å². The Morgan fingerprint density at radius 3 is 2.34 bits per heavy atom. The van der Waals surface area contributed by atoms with Gasteiger partial charge in [0.2, 0.25) is 0 Å². The molecule has 1 spiro atoms. The van der Waals surface area contributed by atoms with E-state index in [1.165, 1.54) is 22.3 Å². The molecular weight excluding hydrogens is 366 g/mol. The highest BCUT2D eigenvalue weighted by atomic mass is 16.5. The van der Waals surface area contributed by atoms with Crippen LogP contribution in [-0.2, 0) is 9.47 Å². The van der Waals surface area contributed by atoms with Gasteiger partial charge in [-0.3, -0.25) is 0 Å². The number of carbonyl (C=O) groups excluding carboxylic acids is 1. The van der Waals surface area contributed by atoms with Crippen LogP contribution in [0.15, 0.2) is 48.5 Å². The number of benzene rings is 2. The van der Waals surface area contributed by atoms with Crippen molar-refractivity contribution in [2.45, 2.75) is 43.8 Å². The lowest BCUT2D eigenvalue weighted by molar-refractivity contribution is -0.138. The number of hydrogen-bond donors (Lipinski definition) is 2. The van der Waals surface area contributed by atoms with Crippen molar-refractivity contribution in [2.75, 3.05) is 19.8 Å². The van der Waals surface area contributed by atoms with E-state index >= 15 is 0 Å². The summed E-state index contributed by atoms with van der Waals surface area (Å²) in [4.78, 5) is 12.3. The molecule has 1 atom stereocenters. The minimum absolute atomic E-state index is 0.0267. The summed E-state index contributed by atoms with van der Waals surface area (Å²) in [5, 5.41) is 12.4. The number of amides is 1. The van der Waals surface area contributed by atoms with Crippen molar-refractivity contribution < 1.29 is 19.4 Å². The Balaban J connectivity index is 1.13. The molecule has 5 nitrogen and oxygen atoms in total. The van der Waals surface area contributed by atoms with Gasteiger partial charge in [0.15, 0.2) is 0 Å². The van der Waals surface area contributed by atoms with Gasteiger partial charge in [-0.15, -0.1) is 0 Å². The normalized spacial score (nSPS) is 27.8. The number of aliphatic hydroxyl groups is 1. The fraction of sp³-hybridized carbons (Fsp3) is 0.458. The zero-order valence-electron chi connectivity index (χ0n) is 16.5. The molecule has 5 rings (SSSR count). The van der Waals surface area contributed by atoms with E-state index in [0.29, 0.717) is 19.8 Å². The lowest BCUT2D eigenvalue weighted by Gasteiger charge is -2.49. The molecule has 2 aromatic rings. The Morgan fingerprint density at radius 2 is 1.76 bits per heavy atom. The van der Waals surface area contributed by atoms with Crippen molar-refractivity contribution >= 4 is 6.09 Å². The number of aliphatic hydroxyl groups excluding tert-OH is 1. The molecule has 1 saturated carbocycles. The average Bonchev–Trinajstić information content (AvgIpc) is 3.05. The maximum Gasteiger partial charge on any atom is 0.407 e. The second-order valence-electron chi connectivity index (χ2n) is 8.74. The molecule has 0 aromatic heterocycles. The molecule has 1 amide bonds. The topological polar surface area (TPSA) is 67.8 Å². The molecule has 2 fully saturated rings. The van der Waals surface area contributed by atoms with E-state index < -0.39 is 6.09 Å². The van der Waals surface area contributed by atoms with Crippen molar-refractivity contribution in [1.29, 1.82) is 0 Å². The quantitative estimate of drug-likeness (QED) is 0.828. The molecular formula is C24H27NO4. The van der Waals surface area contributed by atoms with E-state index in [4.69, 9.17) is 9.47 Å². The fourth-order valence-corrected chi connectivity index (χ4v) is 5.19. The number of nitrogens with one attached hydrogen (secondary N) is 1. The highest BCUT2D eigenvalue weighted by Crippen LogP contribution is 2.48. The Bertz CT molecular complexity index is 850. The van der Waals surface area contributed by atoms with Crippen molar-refractivity contribution in [1.82, 2.24) is 5.32 Å². The summed E-state index contributed by atoms with van der Waals surface area (Å²) in [5.74, 6) is 0.0731. The SMILES string of the molecule is O=C(NCC1CCC2(CO1)CC(O)C2)OCC1c2ccccc2-c2ccccc21. The van der Waals surface area contributed by atoms with E-state index in [9.17, 15) is 9.90 Å². The van der Waals surface area contributed by atoms with Crippen LogP contribution in [0.25, 0.3) is 11.1 Å². The molecule has 1 heterocycles. The predicted molar refractivity (Wildman–Crippen MR) is 110 cm³/mol. The Morgan fingerprint density at radius 1 is 1.10 bits per heavy atom. The van der Waals surface area contributed by atoms with Gasteiger partial charge in [-0.25, -0.2) is 4.79 Å². The third-order valence-electron chi connectivity index (χ3n) is 6.78. The molecule has 0 radical (unpaired) electrons. The first-order chi connectivity index (χ1) is 14.1. The number of rotatable bonds is 4. The zero-order valence-corrected chi connectivity index (χ0v) is 16.5. The van der Waals surface area contributed by atoms with Gasteiger partial charge >= 0.3 is 6.09 Å². The third kappa shape index (κ3) is 3.53. The van der Waals surface area contributed by atoms with Gasteiger partial charge in [-0.05, 0) is 53.4 Å². The maximum absolute atomic E-state index is 12.3. The molecule has 29 heavy (non-hydrogen) atoms. The average molecular weight is 393 g/mol. The van der Waals surface area contributed by atoms with Crippen LogP contribution >= 0.6 is 0 Å². The molecule has 3 aliphatic rings. The Labute approximate surface area is 171 Å². The van der Waals surface area contributed by atoms with Gasteiger partial charge in [0, 0.05) is 12.5 Å². The lowest BCUT2D eigenvalue weighted by Crippen LogP contribution is -2.50. The smallest absolute Gasteiger partial charge is 0.407 e. The zero-order chi connectivity index (χ0) is 19.8. The summed E-state index contributed by atoms with van der Waals surface area (Å²) < 4.78 is 11.5. The van der Waals surface area contributed by atoms with Crippen LogP contribution in [0, 0.1) is 5.41 Å². The van der Waals surface area contributed by atoms with E-state index in [2.05, 4.69) is 29.6 Å². The molecule has 1 unspecified atom stereocenters. The summed E-state index contributed by atoms with van der Waals surface area (Å²) in [6.45, 7) is 1.47. The fourth-order valence-electron chi connectivity index (χ4n) is 5.19. The summed E-state index contributed by atoms with van der Waals surface area (Å²) in [6.07, 6.45) is 3.14. The van der Waals surface area contributed by atoms with E-state index in [1.54, 1.807) is 0 Å². The van der Waals surface area contributed by atoms with E-state index in [1.807, 2.05) is 24.3 Å². The maximum atomic E-state index is 12.3. The number of carbonyl (C=O) groups is 1. The lowest BCUT2D eigenvalue weighted by atomic mass is 9.63. The first kappa shape index (κ1) is 18.6. The van der Waals surface area contributed by atoms with Gasteiger partial charge in [0.25, 0.3) is 0 Å². The predicted octanol–water partition coefficient (Wildman–Crippen LogP) is 3.85. The molecule has 1 saturated heterocycles. The molecule has 5 heteroatoms. The van der Waals surface area contributed by atoms with Gasteiger partial charge in [-0.1, -0.05) is 48.5 Å². The summed E-state index contributed by atoms with van der Waals surface area (Å²) in [6, 6.07) is 16.6. The largest absolute Gasteiger partial charge is 0.449 e. The van der Waals surface area contributed by atoms with Crippen molar-refractivity contribution in [3.63, 3.8) is 0 Å². The van der Waals surface area contributed by atoms with Gasteiger partial charge in [-0.2, -0.15) is 0 Å². The second kappa shape index (κ2) is 7.47. The number of alkyl carbamates (subject to hydrolysis) is 1. The second-order valence-corrected chi connectivity index (χ2v) is 8.74. The summed E-state index contributed by atoms with van der Waals surface area (Å²) in [5.41, 5.74) is 5.06. The molecule has 0 bridgehead atoms. The van der Waals surface area contributed by atoms with Gasteiger partial charge in [0.1, 0.15) is 6.61 Å². The summed E-state index contributed by atoms with van der Waals surface area (Å²) >= 11 is 0. The van der Waals surface area contributed by atoms with Crippen LogP contribution in [0.4, 0.5) is 4.79 Å².